The SMILES string of the molecule is C=C(C)C(=O)Oc1cc(O)ccc1O. The first-order valence-corrected chi connectivity index (χ1v) is 3.90. The Morgan fingerprint density at radius 3 is 2.64 bits per heavy atom. The van der Waals surface area contributed by atoms with Crippen molar-refractivity contribution in [3.8, 4) is 17.2 Å². The van der Waals surface area contributed by atoms with Gasteiger partial charge in [0, 0.05) is 11.6 Å². The summed E-state index contributed by atoms with van der Waals surface area (Å²) in [6.45, 7) is 4.87. The fourth-order valence-corrected chi connectivity index (χ4v) is 0.772. The first-order valence-electron chi connectivity index (χ1n) is 3.90. The molecule has 0 bridgehead atoms. The third-order valence-electron chi connectivity index (χ3n) is 1.49. The molecule has 4 nitrogen and oxygen atoms in total. The summed E-state index contributed by atoms with van der Waals surface area (Å²) in [7, 11) is 0. The van der Waals surface area contributed by atoms with E-state index in [0.29, 0.717) is 0 Å². The lowest BCUT2D eigenvalue weighted by molar-refractivity contribution is -0.130. The molecule has 0 unspecified atom stereocenters. The summed E-state index contributed by atoms with van der Waals surface area (Å²) < 4.78 is 4.74. The Morgan fingerprint density at radius 1 is 1.43 bits per heavy atom. The van der Waals surface area contributed by atoms with E-state index in [0.717, 1.165) is 6.07 Å². The topological polar surface area (TPSA) is 66.8 Å². The third kappa shape index (κ3) is 2.26. The van der Waals surface area contributed by atoms with Gasteiger partial charge in [-0.25, -0.2) is 4.79 Å². The molecule has 1 aromatic carbocycles. The van der Waals surface area contributed by atoms with E-state index in [4.69, 9.17) is 9.84 Å². The minimum atomic E-state index is -0.647. The minimum absolute atomic E-state index is 0.0852. The van der Waals surface area contributed by atoms with Gasteiger partial charge in [-0.2, -0.15) is 0 Å². The van der Waals surface area contributed by atoms with E-state index in [1.807, 2.05) is 0 Å². The van der Waals surface area contributed by atoms with Crippen molar-refractivity contribution in [1.82, 2.24) is 0 Å². The number of benzene rings is 1. The van der Waals surface area contributed by atoms with Crippen molar-refractivity contribution in [1.29, 1.82) is 0 Å². The Labute approximate surface area is 81.1 Å². The number of phenols is 2. The molecule has 0 aliphatic carbocycles. The molecule has 1 aromatic rings. The summed E-state index contributed by atoms with van der Waals surface area (Å²) in [5.74, 6) is -1.03. The number of hydrogen-bond donors (Lipinski definition) is 2. The van der Waals surface area contributed by atoms with Gasteiger partial charge >= 0.3 is 5.97 Å². The lowest BCUT2D eigenvalue weighted by Crippen LogP contribution is -2.08. The molecule has 2 N–H and O–H groups in total. The zero-order valence-corrected chi connectivity index (χ0v) is 7.65. The van der Waals surface area contributed by atoms with Crippen LogP contribution in [0.15, 0.2) is 30.4 Å². The molecule has 0 saturated carbocycles. The van der Waals surface area contributed by atoms with Crippen molar-refractivity contribution in [3.05, 3.63) is 30.4 Å². The number of carbonyl (C=O) groups excluding carboxylic acids is 1. The molecule has 4 heteroatoms. The molecule has 0 aliphatic rings. The quantitative estimate of drug-likeness (QED) is 0.324. The molecule has 74 valence electrons. The molecule has 0 atom stereocenters. The number of hydrogen-bond acceptors (Lipinski definition) is 4. The summed E-state index contributed by atoms with van der Waals surface area (Å²) in [5, 5.41) is 18.3. The average Bonchev–Trinajstić information content (AvgIpc) is 2.11. The Kier molecular flexibility index (Phi) is 2.76. The van der Waals surface area contributed by atoms with Crippen LogP contribution in [0, 0.1) is 0 Å². The zero-order chi connectivity index (χ0) is 10.7. The van der Waals surface area contributed by atoms with Crippen LogP contribution in [-0.4, -0.2) is 16.2 Å². The van der Waals surface area contributed by atoms with E-state index in [1.54, 1.807) is 0 Å². The largest absolute Gasteiger partial charge is 0.508 e. The van der Waals surface area contributed by atoms with E-state index in [2.05, 4.69) is 6.58 Å². The third-order valence-corrected chi connectivity index (χ3v) is 1.49. The number of carbonyl (C=O) groups is 1. The molecule has 0 aliphatic heterocycles. The van der Waals surface area contributed by atoms with Crippen LogP contribution in [0.25, 0.3) is 0 Å². The minimum Gasteiger partial charge on any atom is -0.508 e. The molecule has 0 saturated heterocycles. The molecule has 1 rings (SSSR count). The van der Waals surface area contributed by atoms with Gasteiger partial charge in [-0.05, 0) is 19.1 Å². The van der Waals surface area contributed by atoms with Gasteiger partial charge in [-0.15, -0.1) is 0 Å². The number of ether oxygens (including phenoxy) is 1. The fourth-order valence-electron chi connectivity index (χ4n) is 0.772. The van der Waals surface area contributed by atoms with Gasteiger partial charge < -0.3 is 14.9 Å². The maximum absolute atomic E-state index is 11.1. The maximum atomic E-state index is 11.1. The van der Waals surface area contributed by atoms with Gasteiger partial charge in [0.15, 0.2) is 11.5 Å². The van der Waals surface area contributed by atoms with E-state index >= 15 is 0 Å². The lowest BCUT2D eigenvalue weighted by Gasteiger charge is -2.05. The second-order valence-corrected chi connectivity index (χ2v) is 2.82. The first-order chi connectivity index (χ1) is 6.50. The van der Waals surface area contributed by atoms with E-state index in [9.17, 15) is 9.90 Å². The van der Waals surface area contributed by atoms with Gasteiger partial charge in [0.05, 0.1) is 0 Å². The van der Waals surface area contributed by atoms with Crippen LogP contribution in [0.1, 0.15) is 6.92 Å². The highest BCUT2D eigenvalue weighted by atomic mass is 16.5. The Morgan fingerprint density at radius 2 is 2.07 bits per heavy atom. The van der Waals surface area contributed by atoms with Gasteiger partial charge in [0.1, 0.15) is 5.75 Å². The molecule has 0 amide bonds. The normalized spacial score (nSPS) is 9.50. The molecule has 0 heterocycles. The van der Waals surface area contributed by atoms with E-state index < -0.39 is 5.97 Å². The Hall–Kier alpha value is -1.97. The summed E-state index contributed by atoms with van der Waals surface area (Å²) >= 11 is 0. The highest BCUT2D eigenvalue weighted by Crippen LogP contribution is 2.29. The molecule has 0 radical (unpaired) electrons. The highest BCUT2D eigenvalue weighted by molar-refractivity contribution is 5.89. The summed E-state index contributed by atoms with van der Waals surface area (Å²) in [5.41, 5.74) is 0.216. The molecular weight excluding hydrogens is 184 g/mol. The smallest absolute Gasteiger partial charge is 0.338 e. The zero-order valence-electron chi connectivity index (χ0n) is 7.65. The van der Waals surface area contributed by atoms with Crippen LogP contribution >= 0.6 is 0 Å². The fraction of sp³-hybridized carbons (Fsp3) is 0.100. The monoisotopic (exact) mass is 194 g/mol. The van der Waals surface area contributed by atoms with E-state index in [-0.39, 0.29) is 22.8 Å². The van der Waals surface area contributed by atoms with Gasteiger partial charge in [0.2, 0.25) is 0 Å². The molecule has 0 spiro atoms. The van der Waals surface area contributed by atoms with Gasteiger partial charge in [-0.1, -0.05) is 6.58 Å². The molecule has 0 aromatic heterocycles. The second kappa shape index (κ2) is 3.83. The van der Waals surface area contributed by atoms with Crippen molar-refractivity contribution < 1.29 is 19.7 Å². The predicted octanol–water partition coefficient (Wildman–Crippen LogP) is 1.58. The van der Waals surface area contributed by atoms with Gasteiger partial charge in [-0.3, -0.25) is 0 Å². The van der Waals surface area contributed by atoms with Crippen LogP contribution in [0.5, 0.6) is 17.2 Å². The molecule has 0 fully saturated rings. The highest BCUT2D eigenvalue weighted by Gasteiger charge is 2.09. The van der Waals surface area contributed by atoms with Gasteiger partial charge in [0.25, 0.3) is 0 Å². The standard InChI is InChI=1S/C10H10O4/c1-6(2)10(13)14-9-5-7(11)3-4-8(9)12/h3-5,11-12H,1H2,2H3. The van der Waals surface area contributed by atoms with Crippen molar-refractivity contribution in [2.45, 2.75) is 6.92 Å². The van der Waals surface area contributed by atoms with Crippen LogP contribution in [0.2, 0.25) is 0 Å². The number of esters is 1. The Bertz CT molecular complexity index is 382. The summed E-state index contributed by atoms with van der Waals surface area (Å²) in [4.78, 5) is 11.1. The molecular formula is C10H10O4. The van der Waals surface area contributed by atoms with E-state index in [1.165, 1.54) is 19.1 Å². The van der Waals surface area contributed by atoms with Crippen molar-refractivity contribution in [2.75, 3.05) is 0 Å². The summed E-state index contributed by atoms with van der Waals surface area (Å²) in [6, 6.07) is 3.67. The number of phenolic OH excluding ortho intramolecular Hbond substituents is 2. The van der Waals surface area contributed by atoms with Crippen LogP contribution in [-0.2, 0) is 4.79 Å². The van der Waals surface area contributed by atoms with Crippen molar-refractivity contribution in [3.63, 3.8) is 0 Å². The predicted molar refractivity (Wildman–Crippen MR) is 50.2 cm³/mol. The van der Waals surface area contributed by atoms with Crippen LogP contribution < -0.4 is 4.74 Å². The average molecular weight is 194 g/mol. The number of aromatic hydroxyl groups is 2. The second-order valence-electron chi connectivity index (χ2n) is 2.82. The van der Waals surface area contributed by atoms with Crippen LogP contribution in [0.4, 0.5) is 0 Å². The van der Waals surface area contributed by atoms with Crippen molar-refractivity contribution in [2.24, 2.45) is 0 Å². The Balaban J connectivity index is 2.91. The maximum Gasteiger partial charge on any atom is 0.338 e. The van der Waals surface area contributed by atoms with Crippen LogP contribution in [0.3, 0.4) is 0 Å². The lowest BCUT2D eigenvalue weighted by atomic mass is 10.3. The first kappa shape index (κ1) is 10.1. The van der Waals surface area contributed by atoms with Crippen molar-refractivity contribution >= 4 is 5.97 Å². The number of rotatable bonds is 2. The summed E-state index contributed by atoms with van der Waals surface area (Å²) in [6.07, 6.45) is 0. The molecule has 14 heavy (non-hydrogen) atoms.